The lowest BCUT2D eigenvalue weighted by Gasteiger charge is -2.33. The van der Waals surface area contributed by atoms with Crippen LogP contribution >= 0.6 is 0 Å². The van der Waals surface area contributed by atoms with Crippen molar-refractivity contribution in [2.24, 2.45) is 0 Å². The van der Waals surface area contributed by atoms with Gasteiger partial charge in [0.1, 0.15) is 0 Å². The predicted molar refractivity (Wildman–Crippen MR) is 84.9 cm³/mol. The third-order valence-corrected chi connectivity index (χ3v) is 4.99. The molecule has 1 aliphatic rings. The van der Waals surface area contributed by atoms with Gasteiger partial charge in [0, 0.05) is 32.7 Å². The summed E-state index contributed by atoms with van der Waals surface area (Å²) < 4.78 is 29.2. The molecule has 2 rings (SSSR count). The van der Waals surface area contributed by atoms with Gasteiger partial charge in [0.2, 0.25) is 10.0 Å². The highest BCUT2D eigenvalue weighted by Crippen LogP contribution is 2.26. The van der Waals surface area contributed by atoms with Gasteiger partial charge in [-0.05, 0) is 17.7 Å². The van der Waals surface area contributed by atoms with Crippen LogP contribution < -0.4 is 10.1 Å². The number of carbonyl (C=O) groups excluding carboxylic acids is 1. The summed E-state index contributed by atoms with van der Waals surface area (Å²) in [6, 6.07) is 4.65. The maximum Gasteiger partial charge on any atom is 0.317 e. The van der Waals surface area contributed by atoms with Gasteiger partial charge in [-0.25, -0.2) is 13.2 Å². The standard InChI is InChI=1S/C14H21N3O5S/c1-22-13-4-3-11(9-12(13)18)10-15-14(19)16-5-7-17(8-6-16)23(2,20)21/h3-4,9,18H,5-8,10H2,1-2H3,(H,15,19). The molecule has 1 saturated heterocycles. The van der Waals surface area contributed by atoms with Crippen LogP contribution in [0.5, 0.6) is 11.5 Å². The second kappa shape index (κ2) is 7.05. The number of nitrogens with one attached hydrogen (secondary N) is 1. The van der Waals surface area contributed by atoms with E-state index in [1.54, 1.807) is 17.0 Å². The smallest absolute Gasteiger partial charge is 0.317 e. The number of urea groups is 1. The van der Waals surface area contributed by atoms with Gasteiger partial charge >= 0.3 is 6.03 Å². The van der Waals surface area contributed by atoms with Gasteiger partial charge in [-0.1, -0.05) is 6.07 Å². The number of hydrogen-bond donors (Lipinski definition) is 2. The van der Waals surface area contributed by atoms with E-state index in [1.807, 2.05) is 0 Å². The fourth-order valence-electron chi connectivity index (χ4n) is 2.36. The quantitative estimate of drug-likeness (QED) is 0.813. The zero-order valence-corrected chi connectivity index (χ0v) is 14.0. The summed E-state index contributed by atoms with van der Waals surface area (Å²) in [5.74, 6) is 0.387. The lowest BCUT2D eigenvalue weighted by Crippen LogP contribution is -2.52. The minimum atomic E-state index is -3.21. The molecule has 1 heterocycles. The zero-order chi connectivity index (χ0) is 17.0. The first kappa shape index (κ1) is 17.4. The number of hydrogen-bond acceptors (Lipinski definition) is 5. The van der Waals surface area contributed by atoms with Crippen LogP contribution in [-0.4, -0.2) is 68.3 Å². The van der Waals surface area contributed by atoms with Crippen molar-refractivity contribution in [3.05, 3.63) is 23.8 Å². The van der Waals surface area contributed by atoms with E-state index in [1.165, 1.54) is 23.7 Å². The maximum absolute atomic E-state index is 12.1. The highest BCUT2D eigenvalue weighted by molar-refractivity contribution is 7.88. The Bertz CT molecular complexity index is 669. The van der Waals surface area contributed by atoms with Gasteiger partial charge in [0.25, 0.3) is 0 Å². The fraction of sp³-hybridized carbons (Fsp3) is 0.500. The Morgan fingerprint density at radius 1 is 1.30 bits per heavy atom. The molecule has 0 bridgehead atoms. The molecule has 2 N–H and O–H groups in total. The number of amides is 2. The van der Waals surface area contributed by atoms with Crippen molar-refractivity contribution in [2.45, 2.75) is 6.54 Å². The van der Waals surface area contributed by atoms with E-state index >= 15 is 0 Å². The topological polar surface area (TPSA) is 99.2 Å². The minimum absolute atomic E-state index is 0.0148. The van der Waals surface area contributed by atoms with Crippen LogP contribution in [0.15, 0.2) is 18.2 Å². The van der Waals surface area contributed by atoms with Crippen molar-refractivity contribution in [3.63, 3.8) is 0 Å². The Morgan fingerprint density at radius 3 is 2.48 bits per heavy atom. The number of carbonyl (C=O) groups is 1. The molecular weight excluding hydrogens is 322 g/mol. The van der Waals surface area contributed by atoms with E-state index in [0.29, 0.717) is 31.9 Å². The molecular formula is C14H21N3O5S. The first-order valence-electron chi connectivity index (χ1n) is 7.15. The number of phenolic OH excluding ortho intramolecular Hbond substituents is 1. The second-order valence-electron chi connectivity index (χ2n) is 5.31. The highest BCUT2D eigenvalue weighted by atomic mass is 32.2. The summed E-state index contributed by atoms with van der Waals surface area (Å²) in [6.45, 7) is 1.58. The van der Waals surface area contributed by atoms with Crippen molar-refractivity contribution in [3.8, 4) is 11.5 Å². The third kappa shape index (κ3) is 4.49. The number of nitrogens with zero attached hydrogens (tertiary/aromatic N) is 2. The third-order valence-electron chi connectivity index (χ3n) is 3.68. The van der Waals surface area contributed by atoms with Gasteiger partial charge in [-0.15, -0.1) is 0 Å². The van der Waals surface area contributed by atoms with Crippen LogP contribution in [0.2, 0.25) is 0 Å². The molecule has 0 radical (unpaired) electrons. The van der Waals surface area contributed by atoms with Gasteiger partial charge in [-0.3, -0.25) is 0 Å². The summed E-state index contributed by atoms with van der Waals surface area (Å²) in [6.07, 6.45) is 1.17. The summed E-state index contributed by atoms with van der Waals surface area (Å²) in [5.41, 5.74) is 0.742. The summed E-state index contributed by atoms with van der Waals surface area (Å²) in [7, 11) is -1.74. The van der Waals surface area contributed by atoms with Crippen molar-refractivity contribution < 1.29 is 23.1 Å². The van der Waals surface area contributed by atoms with Gasteiger partial charge in [0.05, 0.1) is 13.4 Å². The predicted octanol–water partition coefficient (Wildman–Crippen LogP) is 0.188. The largest absolute Gasteiger partial charge is 0.504 e. The molecule has 0 atom stereocenters. The molecule has 0 unspecified atom stereocenters. The molecule has 1 fully saturated rings. The molecule has 128 valence electrons. The number of sulfonamides is 1. The minimum Gasteiger partial charge on any atom is -0.504 e. The molecule has 8 nitrogen and oxygen atoms in total. The molecule has 0 saturated carbocycles. The number of aromatic hydroxyl groups is 1. The van der Waals surface area contributed by atoms with E-state index in [2.05, 4.69) is 5.32 Å². The van der Waals surface area contributed by atoms with E-state index < -0.39 is 10.0 Å². The SMILES string of the molecule is COc1ccc(CNC(=O)N2CCN(S(C)(=O)=O)CC2)cc1O. The summed E-state index contributed by atoms with van der Waals surface area (Å²) >= 11 is 0. The highest BCUT2D eigenvalue weighted by Gasteiger charge is 2.25. The molecule has 0 aromatic heterocycles. The van der Waals surface area contributed by atoms with Crippen molar-refractivity contribution in [1.82, 2.24) is 14.5 Å². The maximum atomic E-state index is 12.1. The lowest BCUT2D eigenvalue weighted by molar-refractivity contribution is 0.172. The number of rotatable bonds is 4. The molecule has 1 aliphatic heterocycles. The Hall–Kier alpha value is -2.00. The van der Waals surface area contributed by atoms with Crippen LogP contribution in [0.1, 0.15) is 5.56 Å². The van der Waals surface area contributed by atoms with E-state index in [4.69, 9.17) is 4.74 Å². The molecule has 1 aromatic rings. The molecule has 0 spiro atoms. The molecule has 9 heteroatoms. The van der Waals surface area contributed by atoms with Crippen LogP contribution in [0.4, 0.5) is 4.79 Å². The first-order valence-corrected chi connectivity index (χ1v) is 9.00. The Balaban J connectivity index is 1.85. The average molecular weight is 343 g/mol. The number of ether oxygens (including phenoxy) is 1. The first-order chi connectivity index (χ1) is 10.8. The van der Waals surface area contributed by atoms with Gasteiger partial charge in [-0.2, -0.15) is 4.31 Å². The van der Waals surface area contributed by atoms with E-state index in [-0.39, 0.29) is 18.3 Å². The fourth-order valence-corrected chi connectivity index (χ4v) is 3.18. The number of benzene rings is 1. The molecule has 0 aliphatic carbocycles. The Morgan fingerprint density at radius 2 is 1.96 bits per heavy atom. The molecule has 23 heavy (non-hydrogen) atoms. The zero-order valence-electron chi connectivity index (χ0n) is 13.2. The summed E-state index contributed by atoms with van der Waals surface area (Å²) in [4.78, 5) is 13.7. The summed E-state index contributed by atoms with van der Waals surface area (Å²) in [5, 5.41) is 12.5. The number of methoxy groups -OCH3 is 1. The van der Waals surface area contributed by atoms with Gasteiger partial charge < -0.3 is 20.1 Å². The second-order valence-corrected chi connectivity index (χ2v) is 7.30. The van der Waals surface area contributed by atoms with Crippen LogP contribution in [0.3, 0.4) is 0 Å². The van der Waals surface area contributed by atoms with Crippen LogP contribution in [0.25, 0.3) is 0 Å². The Labute approximate surface area is 135 Å². The number of piperazine rings is 1. The Kier molecular flexibility index (Phi) is 5.32. The normalized spacial score (nSPS) is 16.2. The van der Waals surface area contributed by atoms with Crippen LogP contribution in [0, 0.1) is 0 Å². The average Bonchev–Trinajstić information content (AvgIpc) is 2.52. The van der Waals surface area contributed by atoms with Crippen LogP contribution in [-0.2, 0) is 16.6 Å². The molecule has 1 aromatic carbocycles. The lowest BCUT2D eigenvalue weighted by atomic mass is 10.2. The van der Waals surface area contributed by atoms with Crippen molar-refractivity contribution >= 4 is 16.1 Å². The van der Waals surface area contributed by atoms with Crippen molar-refractivity contribution in [1.29, 1.82) is 0 Å². The number of phenols is 1. The molecule has 2 amide bonds. The monoisotopic (exact) mass is 343 g/mol. The van der Waals surface area contributed by atoms with Gasteiger partial charge in [0.15, 0.2) is 11.5 Å². The van der Waals surface area contributed by atoms with E-state index in [9.17, 15) is 18.3 Å². The van der Waals surface area contributed by atoms with Crippen molar-refractivity contribution in [2.75, 3.05) is 39.5 Å². The van der Waals surface area contributed by atoms with E-state index in [0.717, 1.165) is 5.56 Å².